The lowest BCUT2D eigenvalue weighted by atomic mass is 10.1. The van der Waals surface area contributed by atoms with Crippen LogP contribution in [-0.4, -0.2) is 32.0 Å². The molecule has 0 aliphatic heterocycles. The maximum Gasteiger partial charge on any atom is 0.274 e. The number of hydrogen-bond acceptors (Lipinski definition) is 5. The highest BCUT2D eigenvalue weighted by molar-refractivity contribution is 7.92. The SMILES string of the molecule is Cc1c(N(CC(=O)N[C@@H](C)c2ccccc2)S(C)(=O)=O)cccc1[N+](=O)[O-]. The van der Waals surface area contributed by atoms with Gasteiger partial charge in [0, 0.05) is 6.07 Å². The fourth-order valence-electron chi connectivity index (χ4n) is 2.70. The highest BCUT2D eigenvalue weighted by Crippen LogP contribution is 2.29. The average molecular weight is 391 g/mol. The number of carbonyl (C=O) groups is 1. The summed E-state index contributed by atoms with van der Waals surface area (Å²) in [4.78, 5) is 23.0. The lowest BCUT2D eigenvalue weighted by molar-refractivity contribution is -0.385. The summed E-state index contributed by atoms with van der Waals surface area (Å²) in [5.41, 5.74) is 0.952. The number of sulfonamides is 1. The molecule has 0 bridgehead atoms. The molecule has 2 aromatic carbocycles. The zero-order valence-corrected chi connectivity index (χ0v) is 16.1. The van der Waals surface area contributed by atoms with E-state index in [1.807, 2.05) is 30.3 Å². The van der Waals surface area contributed by atoms with Gasteiger partial charge in [-0.1, -0.05) is 36.4 Å². The highest BCUT2D eigenvalue weighted by atomic mass is 32.2. The van der Waals surface area contributed by atoms with Gasteiger partial charge in [-0.25, -0.2) is 8.42 Å². The summed E-state index contributed by atoms with van der Waals surface area (Å²) >= 11 is 0. The maximum absolute atomic E-state index is 12.4. The third-order valence-corrected chi connectivity index (χ3v) is 5.23. The van der Waals surface area contributed by atoms with E-state index in [4.69, 9.17) is 0 Å². The number of amides is 1. The molecule has 0 fully saturated rings. The van der Waals surface area contributed by atoms with Gasteiger partial charge < -0.3 is 5.32 Å². The molecule has 144 valence electrons. The van der Waals surface area contributed by atoms with Gasteiger partial charge in [-0.3, -0.25) is 19.2 Å². The third-order valence-electron chi connectivity index (χ3n) is 4.11. The first-order valence-electron chi connectivity index (χ1n) is 8.17. The monoisotopic (exact) mass is 391 g/mol. The van der Waals surface area contributed by atoms with Gasteiger partial charge in [0.15, 0.2) is 0 Å². The molecule has 2 aromatic rings. The zero-order chi connectivity index (χ0) is 20.2. The Labute approximate surface area is 158 Å². The van der Waals surface area contributed by atoms with Crippen molar-refractivity contribution < 1.29 is 18.1 Å². The highest BCUT2D eigenvalue weighted by Gasteiger charge is 2.26. The van der Waals surface area contributed by atoms with Crippen LogP contribution in [0.1, 0.15) is 24.1 Å². The van der Waals surface area contributed by atoms with Crippen LogP contribution >= 0.6 is 0 Å². The second kappa shape index (κ2) is 8.17. The predicted octanol–water partition coefficient (Wildman–Crippen LogP) is 2.55. The average Bonchev–Trinajstić information content (AvgIpc) is 2.59. The van der Waals surface area contributed by atoms with E-state index in [0.717, 1.165) is 16.1 Å². The molecule has 27 heavy (non-hydrogen) atoms. The van der Waals surface area contributed by atoms with E-state index >= 15 is 0 Å². The molecular formula is C18H21N3O5S. The van der Waals surface area contributed by atoms with Gasteiger partial charge in [0.1, 0.15) is 6.54 Å². The van der Waals surface area contributed by atoms with Gasteiger partial charge in [0.05, 0.1) is 28.5 Å². The van der Waals surface area contributed by atoms with Gasteiger partial charge in [-0.15, -0.1) is 0 Å². The van der Waals surface area contributed by atoms with Crippen LogP contribution in [0.5, 0.6) is 0 Å². The summed E-state index contributed by atoms with van der Waals surface area (Å²) < 4.78 is 25.3. The molecule has 0 heterocycles. The first-order chi connectivity index (χ1) is 12.6. The number of benzene rings is 2. The minimum atomic E-state index is -3.83. The number of nitrogens with zero attached hydrogens (tertiary/aromatic N) is 2. The molecule has 1 N–H and O–H groups in total. The van der Waals surface area contributed by atoms with Crippen molar-refractivity contribution in [3.8, 4) is 0 Å². The molecule has 8 nitrogen and oxygen atoms in total. The minimum Gasteiger partial charge on any atom is -0.348 e. The second-order valence-corrected chi connectivity index (χ2v) is 8.05. The van der Waals surface area contributed by atoms with E-state index in [1.165, 1.54) is 25.1 Å². The van der Waals surface area contributed by atoms with Gasteiger partial charge >= 0.3 is 0 Å². The van der Waals surface area contributed by atoms with E-state index < -0.39 is 27.4 Å². The van der Waals surface area contributed by atoms with E-state index in [9.17, 15) is 23.3 Å². The molecule has 0 aliphatic rings. The van der Waals surface area contributed by atoms with Crippen molar-refractivity contribution in [2.24, 2.45) is 0 Å². The number of rotatable bonds is 7. The van der Waals surface area contributed by atoms with Crippen LogP contribution in [0, 0.1) is 17.0 Å². The van der Waals surface area contributed by atoms with Crippen LogP contribution in [-0.2, 0) is 14.8 Å². The number of nitrogens with one attached hydrogen (secondary N) is 1. The predicted molar refractivity (Wildman–Crippen MR) is 103 cm³/mol. The molecule has 1 atom stereocenters. The lowest BCUT2D eigenvalue weighted by Crippen LogP contribution is -2.41. The summed E-state index contributed by atoms with van der Waals surface area (Å²) in [5.74, 6) is -0.511. The Morgan fingerprint density at radius 1 is 1.19 bits per heavy atom. The molecular weight excluding hydrogens is 370 g/mol. The van der Waals surface area contributed by atoms with Crippen molar-refractivity contribution in [3.63, 3.8) is 0 Å². The lowest BCUT2D eigenvalue weighted by Gasteiger charge is -2.24. The van der Waals surface area contributed by atoms with Crippen LogP contribution in [0.2, 0.25) is 0 Å². The standard InChI is InChI=1S/C18H21N3O5S/c1-13-16(10-7-11-17(13)21(23)24)20(27(3,25)26)12-18(22)19-14(2)15-8-5-4-6-9-15/h4-11,14H,12H2,1-3H3,(H,19,22)/t14-/m0/s1. The van der Waals surface area contributed by atoms with Crippen molar-refractivity contribution in [2.45, 2.75) is 19.9 Å². The summed E-state index contributed by atoms with van der Waals surface area (Å²) in [6.07, 6.45) is 0.958. The van der Waals surface area contributed by atoms with Crippen molar-refractivity contribution in [3.05, 3.63) is 69.8 Å². The van der Waals surface area contributed by atoms with Crippen molar-refractivity contribution in [1.82, 2.24) is 5.32 Å². The first kappa shape index (κ1) is 20.4. The van der Waals surface area contributed by atoms with E-state index in [1.54, 1.807) is 6.92 Å². The number of nitro benzene ring substituents is 1. The van der Waals surface area contributed by atoms with Crippen LogP contribution in [0.4, 0.5) is 11.4 Å². The fourth-order valence-corrected chi connectivity index (χ4v) is 3.61. The van der Waals surface area contributed by atoms with Crippen LogP contribution in [0.15, 0.2) is 48.5 Å². The smallest absolute Gasteiger partial charge is 0.274 e. The van der Waals surface area contributed by atoms with Crippen LogP contribution in [0.25, 0.3) is 0 Å². The molecule has 0 aliphatic carbocycles. The summed E-state index contributed by atoms with van der Waals surface area (Å²) in [6, 6.07) is 13.0. The normalized spacial score (nSPS) is 12.3. The Balaban J connectivity index is 2.27. The quantitative estimate of drug-likeness (QED) is 0.576. The van der Waals surface area contributed by atoms with E-state index in [-0.39, 0.29) is 23.0 Å². The Hall–Kier alpha value is -2.94. The molecule has 9 heteroatoms. The van der Waals surface area contributed by atoms with Crippen molar-refractivity contribution in [2.75, 3.05) is 17.1 Å². The van der Waals surface area contributed by atoms with Crippen LogP contribution in [0.3, 0.4) is 0 Å². The minimum absolute atomic E-state index is 0.106. The number of nitro groups is 1. The van der Waals surface area contributed by atoms with Gasteiger partial charge in [-0.2, -0.15) is 0 Å². The summed E-state index contributed by atoms with van der Waals surface area (Å²) in [5, 5.41) is 13.9. The number of hydrogen-bond donors (Lipinski definition) is 1. The molecule has 0 radical (unpaired) electrons. The molecule has 0 saturated carbocycles. The van der Waals surface area contributed by atoms with Crippen molar-refractivity contribution in [1.29, 1.82) is 0 Å². The maximum atomic E-state index is 12.4. The largest absolute Gasteiger partial charge is 0.348 e. The fraction of sp³-hybridized carbons (Fsp3) is 0.278. The van der Waals surface area contributed by atoms with Gasteiger partial charge in [0.2, 0.25) is 15.9 Å². The van der Waals surface area contributed by atoms with Gasteiger partial charge in [0.25, 0.3) is 5.69 Å². The van der Waals surface area contributed by atoms with E-state index in [0.29, 0.717) is 0 Å². The molecule has 1 amide bonds. The molecule has 0 aromatic heterocycles. The van der Waals surface area contributed by atoms with Crippen LogP contribution < -0.4 is 9.62 Å². The van der Waals surface area contributed by atoms with Gasteiger partial charge in [-0.05, 0) is 25.5 Å². The molecule has 0 unspecified atom stereocenters. The molecule has 0 spiro atoms. The second-order valence-electron chi connectivity index (χ2n) is 6.15. The summed E-state index contributed by atoms with van der Waals surface area (Å²) in [7, 11) is -3.83. The molecule has 0 saturated heterocycles. The Bertz CT molecular complexity index is 945. The Morgan fingerprint density at radius 2 is 1.81 bits per heavy atom. The topological polar surface area (TPSA) is 110 Å². The summed E-state index contributed by atoms with van der Waals surface area (Å²) in [6.45, 7) is 2.77. The van der Waals surface area contributed by atoms with E-state index in [2.05, 4.69) is 5.32 Å². The molecule has 2 rings (SSSR count). The van der Waals surface area contributed by atoms with Crippen molar-refractivity contribution >= 4 is 27.3 Å². The first-order valence-corrected chi connectivity index (χ1v) is 10.0. The zero-order valence-electron chi connectivity index (χ0n) is 15.2. The third kappa shape index (κ3) is 5.04. The Morgan fingerprint density at radius 3 is 2.37 bits per heavy atom. The number of carbonyl (C=O) groups excluding carboxylic acids is 1. The number of anilines is 1. The Kier molecular flexibility index (Phi) is 6.17.